The summed E-state index contributed by atoms with van der Waals surface area (Å²) >= 11 is 0. The third-order valence-corrected chi connectivity index (χ3v) is 3.30. The molecule has 0 radical (unpaired) electrons. The fourth-order valence-electron chi connectivity index (χ4n) is 2.51. The maximum atomic E-state index is 3.54. The molecule has 0 unspecified atom stereocenters. The number of rotatable bonds is 1. The Hall–Kier alpha value is -1.02. The maximum Gasteiger partial charge on any atom is 0.0373 e. The lowest BCUT2D eigenvalue weighted by molar-refractivity contribution is 0.647. The Bertz CT molecular complexity index is 340. The van der Waals surface area contributed by atoms with Gasteiger partial charge in [0.1, 0.15) is 0 Å². The van der Waals surface area contributed by atoms with Crippen molar-refractivity contribution in [1.29, 1.82) is 0 Å². The average Bonchev–Trinajstić information content (AvgIpc) is 2.88. The van der Waals surface area contributed by atoms with Crippen LogP contribution in [0.15, 0.2) is 18.2 Å². The summed E-state index contributed by atoms with van der Waals surface area (Å²) in [5, 5.41) is 6.94. The highest BCUT2D eigenvalue weighted by atomic mass is 14.9. The molecule has 0 bridgehead atoms. The van der Waals surface area contributed by atoms with Gasteiger partial charge >= 0.3 is 0 Å². The van der Waals surface area contributed by atoms with E-state index in [0.717, 1.165) is 6.54 Å². The van der Waals surface area contributed by atoms with E-state index in [4.69, 9.17) is 0 Å². The van der Waals surface area contributed by atoms with Crippen LogP contribution in [-0.2, 0) is 6.42 Å². The Balaban J connectivity index is 1.91. The van der Waals surface area contributed by atoms with Crippen molar-refractivity contribution < 1.29 is 0 Å². The monoisotopic (exact) mass is 188 g/mol. The first-order chi connectivity index (χ1) is 6.93. The smallest absolute Gasteiger partial charge is 0.0373 e. The molecule has 0 saturated carbocycles. The summed E-state index contributed by atoms with van der Waals surface area (Å²) in [5.41, 5.74) is 4.31. The molecule has 2 heteroatoms. The molecule has 2 aliphatic rings. The first-order valence-corrected chi connectivity index (χ1v) is 5.53. The molecule has 0 aliphatic carbocycles. The van der Waals surface area contributed by atoms with E-state index in [0.29, 0.717) is 6.04 Å². The van der Waals surface area contributed by atoms with E-state index in [1.54, 1.807) is 0 Å². The Morgan fingerprint density at radius 2 is 2.21 bits per heavy atom. The molecule has 74 valence electrons. The lowest BCUT2D eigenvalue weighted by atomic mass is 10.0. The standard InChI is InChI=1S/C12H16N2/c1-2-11(13-6-1)9-3-4-12-10(8-9)5-7-14-12/h3-4,8,11,13-14H,1-2,5-7H2/t11-/m0/s1. The van der Waals surface area contributed by atoms with E-state index in [2.05, 4.69) is 28.8 Å². The Morgan fingerprint density at radius 1 is 1.21 bits per heavy atom. The quantitative estimate of drug-likeness (QED) is 0.705. The Morgan fingerprint density at radius 3 is 3.07 bits per heavy atom. The predicted octanol–water partition coefficient (Wildman–Crippen LogP) is 2.08. The van der Waals surface area contributed by atoms with E-state index in [9.17, 15) is 0 Å². The fourth-order valence-corrected chi connectivity index (χ4v) is 2.51. The molecule has 14 heavy (non-hydrogen) atoms. The Kier molecular flexibility index (Phi) is 1.95. The van der Waals surface area contributed by atoms with Gasteiger partial charge in [0, 0.05) is 18.3 Å². The minimum absolute atomic E-state index is 0.612. The van der Waals surface area contributed by atoms with E-state index in [-0.39, 0.29) is 0 Å². The van der Waals surface area contributed by atoms with E-state index >= 15 is 0 Å². The molecule has 2 heterocycles. The van der Waals surface area contributed by atoms with Gasteiger partial charge in [-0.05, 0) is 43.0 Å². The van der Waals surface area contributed by atoms with Gasteiger partial charge in [-0.25, -0.2) is 0 Å². The van der Waals surface area contributed by atoms with Crippen molar-refractivity contribution in [2.75, 3.05) is 18.4 Å². The van der Waals surface area contributed by atoms with Crippen molar-refractivity contribution in [3.63, 3.8) is 0 Å². The lowest BCUT2D eigenvalue weighted by Gasteiger charge is -2.11. The van der Waals surface area contributed by atoms with Crippen LogP contribution in [-0.4, -0.2) is 13.1 Å². The van der Waals surface area contributed by atoms with Crippen LogP contribution < -0.4 is 10.6 Å². The molecular weight excluding hydrogens is 172 g/mol. The second-order valence-corrected chi connectivity index (χ2v) is 4.24. The number of benzene rings is 1. The Labute approximate surface area is 84.7 Å². The number of hydrogen-bond acceptors (Lipinski definition) is 2. The zero-order valence-corrected chi connectivity index (χ0v) is 8.34. The van der Waals surface area contributed by atoms with Gasteiger partial charge in [-0.15, -0.1) is 0 Å². The summed E-state index contributed by atoms with van der Waals surface area (Å²) in [4.78, 5) is 0. The minimum atomic E-state index is 0.612. The SMILES string of the molecule is c1cc2c(cc1[C@@H]1CCCN1)CCN2. The van der Waals surface area contributed by atoms with Crippen molar-refractivity contribution in [2.24, 2.45) is 0 Å². The molecule has 2 aliphatic heterocycles. The molecule has 2 N–H and O–H groups in total. The number of nitrogens with one attached hydrogen (secondary N) is 2. The summed E-state index contributed by atoms with van der Waals surface area (Å²) in [5.74, 6) is 0. The van der Waals surface area contributed by atoms with Crippen molar-refractivity contribution in [1.82, 2.24) is 5.32 Å². The average molecular weight is 188 g/mol. The van der Waals surface area contributed by atoms with Crippen LogP contribution in [0, 0.1) is 0 Å². The first kappa shape index (κ1) is 8.30. The van der Waals surface area contributed by atoms with Crippen LogP contribution in [0.1, 0.15) is 30.0 Å². The lowest BCUT2D eigenvalue weighted by Crippen LogP contribution is -2.12. The predicted molar refractivity (Wildman–Crippen MR) is 58.6 cm³/mol. The molecule has 1 aromatic rings. The number of hydrogen-bond donors (Lipinski definition) is 2. The highest BCUT2D eigenvalue weighted by Crippen LogP contribution is 2.29. The highest BCUT2D eigenvalue weighted by molar-refractivity contribution is 5.56. The summed E-state index contributed by atoms with van der Waals surface area (Å²) in [7, 11) is 0. The minimum Gasteiger partial charge on any atom is -0.384 e. The van der Waals surface area contributed by atoms with E-state index < -0.39 is 0 Å². The largest absolute Gasteiger partial charge is 0.384 e. The molecule has 1 atom stereocenters. The van der Waals surface area contributed by atoms with Crippen molar-refractivity contribution in [3.8, 4) is 0 Å². The fraction of sp³-hybridized carbons (Fsp3) is 0.500. The van der Waals surface area contributed by atoms with Gasteiger partial charge in [-0.3, -0.25) is 0 Å². The van der Waals surface area contributed by atoms with Gasteiger partial charge in [0.05, 0.1) is 0 Å². The summed E-state index contributed by atoms with van der Waals surface area (Å²) in [6.07, 6.45) is 3.81. The van der Waals surface area contributed by atoms with Crippen LogP contribution >= 0.6 is 0 Å². The zero-order valence-electron chi connectivity index (χ0n) is 8.34. The molecule has 3 rings (SSSR count). The van der Waals surface area contributed by atoms with E-state index in [1.165, 1.54) is 42.6 Å². The third-order valence-electron chi connectivity index (χ3n) is 3.30. The summed E-state index contributed by atoms with van der Waals surface area (Å²) in [6.45, 7) is 2.29. The molecule has 1 fully saturated rings. The third kappa shape index (κ3) is 1.30. The van der Waals surface area contributed by atoms with Crippen LogP contribution in [0.3, 0.4) is 0 Å². The van der Waals surface area contributed by atoms with Gasteiger partial charge < -0.3 is 10.6 Å². The summed E-state index contributed by atoms with van der Waals surface area (Å²) in [6, 6.07) is 7.48. The number of anilines is 1. The van der Waals surface area contributed by atoms with Gasteiger partial charge in [-0.2, -0.15) is 0 Å². The molecule has 1 aromatic carbocycles. The molecular formula is C12H16N2. The zero-order chi connectivity index (χ0) is 9.38. The maximum absolute atomic E-state index is 3.54. The molecule has 1 saturated heterocycles. The van der Waals surface area contributed by atoms with Crippen molar-refractivity contribution in [3.05, 3.63) is 29.3 Å². The molecule has 0 spiro atoms. The second-order valence-electron chi connectivity index (χ2n) is 4.24. The normalized spacial score (nSPS) is 24.7. The topological polar surface area (TPSA) is 24.1 Å². The van der Waals surface area contributed by atoms with Crippen molar-refractivity contribution in [2.45, 2.75) is 25.3 Å². The molecule has 2 nitrogen and oxygen atoms in total. The second kappa shape index (κ2) is 3.28. The first-order valence-electron chi connectivity index (χ1n) is 5.53. The summed E-state index contributed by atoms with van der Waals surface area (Å²) < 4.78 is 0. The number of fused-ring (bicyclic) bond motifs is 1. The van der Waals surface area contributed by atoms with Gasteiger partial charge in [0.25, 0.3) is 0 Å². The molecule has 0 amide bonds. The van der Waals surface area contributed by atoms with Crippen LogP contribution in [0.5, 0.6) is 0 Å². The van der Waals surface area contributed by atoms with Gasteiger partial charge in [0.2, 0.25) is 0 Å². The van der Waals surface area contributed by atoms with Crippen LogP contribution in [0.4, 0.5) is 5.69 Å². The van der Waals surface area contributed by atoms with Crippen LogP contribution in [0.25, 0.3) is 0 Å². The van der Waals surface area contributed by atoms with Gasteiger partial charge in [-0.1, -0.05) is 12.1 Å². The van der Waals surface area contributed by atoms with Crippen LogP contribution in [0.2, 0.25) is 0 Å². The van der Waals surface area contributed by atoms with E-state index in [1.807, 2.05) is 0 Å². The molecule has 0 aromatic heterocycles. The van der Waals surface area contributed by atoms with Gasteiger partial charge in [0.15, 0.2) is 0 Å². The van der Waals surface area contributed by atoms with Crippen molar-refractivity contribution >= 4 is 5.69 Å². The highest BCUT2D eigenvalue weighted by Gasteiger charge is 2.18.